The molecule has 1 aromatic rings. The zero-order chi connectivity index (χ0) is 11.4. The molecule has 4 nitrogen and oxygen atoms in total. The van der Waals surface area contributed by atoms with Crippen LogP contribution in [0.15, 0.2) is 22.8 Å². The van der Waals surface area contributed by atoms with Gasteiger partial charge in [0, 0.05) is 12.6 Å². The summed E-state index contributed by atoms with van der Waals surface area (Å²) in [6.45, 7) is 3.57. The van der Waals surface area contributed by atoms with Gasteiger partial charge in [-0.1, -0.05) is 6.92 Å². The van der Waals surface area contributed by atoms with Crippen LogP contribution in [-0.2, 0) is 11.3 Å². The third-order valence-electron chi connectivity index (χ3n) is 2.86. The zero-order valence-corrected chi connectivity index (χ0v) is 9.56. The molecular weight excluding hydrogens is 206 g/mol. The number of rotatable bonds is 7. The number of aliphatic hydroxyl groups is 1. The van der Waals surface area contributed by atoms with Gasteiger partial charge in [0.1, 0.15) is 12.4 Å². The van der Waals surface area contributed by atoms with Crippen LogP contribution in [0.1, 0.15) is 19.1 Å². The summed E-state index contributed by atoms with van der Waals surface area (Å²) < 4.78 is 10.5. The van der Waals surface area contributed by atoms with E-state index in [4.69, 9.17) is 9.15 Å². The molecule has 4 heteroatoms. The van der Waals surface area contributed by atoms with Crippen molar-refractivity contribution >= 4 is 0 Å². The largest absolute Gasteiger partial charge is 0.467 e. The van der Waals surface area contributed by atoms with Gasteiger partial charge in [-0.2, -0.15) is 0 Å². The molecule has 1 fully saturated rings. The van der Waals surface area contributed by atoms with Gasteiger partial charge in [0.15, 0.2) is 0 Å². The average molecular weight is 225 g/mol. The van der Waals surface area contributed by atoms with Crippen LogP contribution >= 0.6 is 0 Å². The Labute approximate surface area is 95.6 Å². The highest BCUT2D eigenvalue weighted by Gasteiger charge is 2.32. The summed E-state index contributed by atoms with van der Waals surface area (Å²) in [5.74, 6) is 1.55. The normalized spacial score (nSPS) is 25.6. The van der Waals surface area contributed by atoms with E-state index in [9.17, 15) is 5.11 Å². The van der Waals surface area contributed by atoms with Crippen LogP contribution in [0, 0.1) is 5.92 Å². The van der Waals surface area contributed by atoms with Gasteiger partial charge in [-0.25, -0.2) is 0 Å². The van der Waals surface area contributed by atoms with Gasteiger partial charge in [-0.05, 0) is 24.5 Å². The Balaban J connectivity index is 1.52. The van der Waals surface area contributed by atoms with Crippen molar-refractivity contribution in [1.29, 1.82) is 0 Å². The first-order valence-corrected chi connectivity index (χ1v) is 5.77. The Hall–Kier alpha value is -0.840. The lowest BCUT2D eigenvalue weighted by atomic mass is 10.3. The smallest absolute Gasteiger partial charge is 0.129 e. The van der Waals surface area contributed by atoms with E-state index in [0.29, 0.717) is 25.8 Å². The number of hydrogen-bond acceptors (Lipinski definition) is 4. The number of aliphatic hydroxyl groups excluding tert-OH is 1. The van der Waals surface area contributed by atoms with Gasteiger partial charge >= 0.3 is 0 Å². The monoisotopic (exact) mass is 225 g/mol. The summed E-state index contributed by atoms with van der Waals surface area (Å²) >= 11 is 0. The summed E-state index contributed by atoms with van der Waals surface area (Å²) in [7, 11) is 0. The highest BCUT2D eigenvalue weighted by molar-refractivity contribution is 4.96. The maximum Gasteiger partial charge on any atom is 0.129 e. The van der Waals surface area contributed by atoms with Gasteiger partial charge < -0.3 is 19.6 Å². The number of nitrogens with one attached hydrogen (secondary N) is 1. The Bertz CT molecular complexity index is 299. The first-order valence-electron chi connectivity index (χ1n) is 5.77. The molecule has 1 aliphatic rings. The van der Waals surface area contributed by atoms with E-state index in [1.807, 2.05) is 12.1 Å². The Morgan fingerprint density at radius 3 is 3.12 bits per heavy atom. The predicted octanol–water partition coefficient (Wildman–Crippen LogP) is 1.16. The number of furan rings is 1. The molecule has 16 heavy (non-hydrogen) atoms. The fourth-order valence-electron chi connectivity index (χ4n) is 1.64. The van der Waals surface area contributed by atoms with Crippen LogP contribution in [0.2, 0.25) is 0 Å². The minimum Gasteiger partial charge on any atom is -0.467 e. The lowest BCUT2D eigenvalue weighted by Crippen LogP contribution is -2.32. The van der Waals surface area contributed by atoms with E-state index < -0.39 is 6.10 Å². The summed E-state index contributed by atoms with van der Waals surface area (Å²) in [5.41, 5.74) is 0. The third kappa shape index (κ3) is 3.63. The van der Waals surface area contributed by atoms with E-state index in [1.165, 1.54) is 6.42 Å². The van der Waals surface area contributed by atoms with Gasteiger partial charge in [0.05, 0.1) is 19.0 Å². The van der Waals surface area contributed by atoms with Crippen molar-refractivity contribution in [2.24, 2.45) is 5.92 Å². The molecule has 0 aromatic carbocycles. The highest BCUT2D eigenvalue weighted by Crippen LogP contribution is 2.28. The molecule has 3 atom stereocenters. The predicted molar refractivity (Wildman–Crippen MR) is 59.9 cm³/mol. The van der Waals surface area contributed by atoms with Gasteiger partial charge in [0.2, 0.25) is 0 Å². The van der Waals surface area contributed by atoms with E-state index in [2.05, 4.69) is 12.2 Å². The molecule has 1 aliphatic carbocycles. The van der Waals surface area contributed by atoms with Crippen molar-refractivity contribution in [1.82, 2.24) is 5.32 Å². The number of ether oxygens (including phenoxy) is 1. The van der Waals surface area contributed by atoms with Crippen LogP contribution in [0.3, 0.4) is 0 Å². The zero-order valence-electron chi connectivity index (χ0n) is 9.56. The van der Waals surface area contributed by atoms with Gasteiger partial charge in [-0.15, -0.1) is 0 Å². The number of hydrogen-bond donors (Lipinski definition) is 2. The molecule has 0 amide bonds. The van der Waals surface area contributed by atoms with E-state index in [-0.39, 0.29) is 0 Å². The Morgan fingerprint density at radius 2 is 2.50 bits per heavy atom. The average Bonchev–Trinajstić information content (AvgIpc) is 2.77. The van der Waals surface area contributed by atoms with Gasteiger partial charge in [-0.3, -0.25) is 0 Å². The maximum atomic E-state index is 9.62. The van der Waals surface area contributed by atoms with E-state index >= 15 is 0 Å². The molecule has 90 valence electrons. The minimum absolute atomic E-state index is 0.342. The summed E-state index contributed by atoms with van der Waals surface area (Å²) in [4.78, 5) is 0. The Morgan fingerprint density at radius 1 is 1.69 bits per heavy atom. The highest BCUT2D eigenvalue weighted by atomic mass is 16.5. The lowest BCUT2D eigenvalue weighted by Gasteiger charge is -2.11. The summed E-state index contributed by atoms with van der Waals surface area (Å²) in [6.07, 6.45) is 2.40. The third-order valence-corrected chi connectivity index (χ3v) is 2.86. The molecule has 1 aromatic heterocycles. The Kier molecular flexibility index (Phi) is 3.98. The van der Waals surface area contributed by atoms with Crippen LogP contribution < -0.4 is 5.32 Å². The second-order valence-electron chi connectivity index (χ2n) is 4.48. The molecule has 0 aliphatic heterocycles. The van der Waals surface area contributed by atoms with Crippen LogP contribution in [-0.4, -0.2) is 30.4 Å². The quantitative estimate of drug-likeness (QED) is 0.731. The van der Waals surface area contributed by atoms with Crippen molar-refractivity contribution in [2.75, 3.05) is 13.2 Å². The first-order chi connectivity index (χ1) is 7.75. The molecule has 1 heterocycles. The van der Waals surface area contributed by atoms with Gasteiger partial charge in [0.25, 0.3) is 0 Å². The topological polar surface area (TPSA) is 54.6 Å². The molecule has 0 radical (unpaired) electrons. The van der Waals surface area contributed by atoms with Crippen molar-refractivity contribution in [3.05, 3.63) is 24.2 Å². The molecule has 0 saturated heterocycles. The second-order valence-corrected chi connectivity index (χ2v) is 4.48. The standard InChI is InChI=1S/C12H19NO3/c1-9-5-12(9)13-6-10(14)7-15-8-11-3-2-4-16-11/h2-4,9-10,12-14H,5-8H2,1H3. The summed E-state index contributed by atoms with van der Waals surface area (Å²) in [5, 5.41) is 12.9. The van der Waals surface area contributed by atoms with Crippen LogP contribution in [0.4, 0.5) is 0 Å². The SMILES string of the molecule is CC1CC1NCC(O)COCc1ccco1. The minimum atomic E-state index is -0.442. The van der Waals surface area contributed by atoms with Crippen molar-refractivity contribution in [3.8, 4) is 0 Å². The lowest BCUT2D eigenvalue weighted by molar-refractivity contribution is 0.0224. The molecule has 0 spiro atoms. The first kappa shape index (κ1) is 11.6. The van der Waals surface area contributed by atoms with E-state index in [0.717, 1.165) is 11.7 Å². The molecule has 0 bridgehead atoms. The summed E-state index contributed by atoms with van der Waals surface area (Å²) in [6, 6.07) is 4.28. The van der Waals surface area contributed by atoms with Crippen LogP contribution in [0.5, 0.6) is 0 Å². The van der Waals surface area contributed by atoms with Crippen molar-refractivity contribution in [3.63, 3.8) is 0 Å². The van der Waals surface area contributed by atoms with Crippen molar-refractivity contribution in [2.45, 2.75) is 32.1 Å². The molecular formula is C12H19NO3. The molecule has 2 N–H and O–H groups in total. The van der Waals surface area contributed by atoms with Crippen molar-refractivity contribution < 1.29 is 14.3 Å². The fraction of sp³-hybridized carbons (Fsp3) is 0.667. The second kappa shape index (κ2) is 5.48. The molecule has 2 rings (SSSR count). The molecule has 1 saturated carbocycles. The fourth-order valence-corrected chi connectivity index (χ4v) is 1.64. The maximum absolute atomic E-state index is 9.62. The van der Waals surface area contributed by atoms with E-state index in [1.54, 1.807) is 6.26 Å². The van der Waals surface area contributed by atoms with Crippen LogP contribution in [0.25, 0.3) is 0 Å². The molecule has 3 unspecified atom stereocenters.